The molecular weight excluding hydrogens is 597 g/mol. The summed E-state index contributed by atoms with van der Waals surface area (Å²) in [5.41, 5.74) is -5.07. The number of aromatic amines is 1. The molecule has 6 atom stereocenters. The minimum absolute atomic E-state index is 0.0156. The number of nitrogens with zero attached hydrogens (tertiary/aromatic N) is 1. The third-order valence-corrected chi connectivity index (χ3v) is 7.33. The minimum atomic E-state index is -5.53. The smallest absolute Gasteiger partial charge is 0.462 e. The normalized spacial score (nSPS) is 24.5. The number of para-hydroxylation sites is 1. The van der Waals surface area contributed by atoms with Crippen LogP contribution in [-0.2, 0) is 32.9 Å². The van der Waals surface area contributed by atoms with E-state index in [0.29, 0.717) is 11.5 Å². The van der Waals surface area contributed by atoms with Gasteiger partial charge < -0.3 is 18.7 Å². The second-order valence-electron chi connectivity index (χ2n) is 9.55. The van der Waals surface area contributed by atoms with E-state index in [-0.39, 0.29) is 5.75 Å². The van der Waals surface area contributed by atoms with Crippen molar-refractivity contribution in [3.05, 3.63) is 63.4 Å². The van der Waals surface area contributed by atoms with Gasteiger partial charge in [0, 0.05) is 12.3 Å². The second kappa shape index (κ2) is 12.8. The number of hydrogen-bond donors (Lipinski definition) is 2. The van der Waals surface area contributed by atoms with Crippen molar-refractivity contribution in [1.82, 2.24) is 14.6 Å². The van der Waals surface area contributed by atoms with Crippen LogP contribution in [0.1, 0.15) is 33.9 Å². The standard InChI is InChI=1S/C24H28F4N3O10P/c1-13(2)38-19(33)14(3)30-42(36,41-15-8-6-5-7-9-15)37-12-16-18(40-21(34)24(26,27)28)23(4,25)20(39-16)31-11-10-17(32)29-22(31)35/h5-11,13-14,16,18,20H,12H2,1-4H3,(H,30,36)(H,29,32,35)/t14-,16+,18+,20+,23+,42-/m0/s1. The molecule has 1 aliphatic heterocycles. The van der Waals surface area contributed by atoms with Crippen molar-refractivity contribution in [1.29, 1.82) is 0 Å². The van der Waals surface area contributed by atoms with Gasteiger partial charge in [-0.2, -0.15) is 18.3 Å². The Kier molecular flexibility index (Phi) is 10.0. The third kappa shape index (κ3) is 8.06. The molecule has 0 saturated carbocycles. The number of halogens is 4. The molecule has 1 saturated heterocycles. The fourth-order valence-corrected chi connectivity index (χ4v) is 5.33. The largest absolute Gasteiger partial charge is 0.490 e. The molecule has 18 heteroatoms. The van der Waals surface area contributed by atoms with Gasteiger partial charge in [0.2, 0.25) is 0 Å². The van der Waals surface area contributed by atoms with Crippen molar-refractivity contribution in [2.24, 2.45) is 0 Å². The molecule has 2 heterocycles. The second-order valence-corrected chi connectivity index (χ2v) is 11.2. The van der Waals surface area contributed by atoms with Crippen molar-refractivity contribution < 1.29 is 55.0 Å². The summed E-state index contributed by atoms with van der Waals surface area (Å²) in [5.74, 6) is -3.64. The van der Waals surface area contributed by atoms with Gasteiger partial charge >= 0.3 is 31.6 Å². The number of aromatic nitrogens is 2. The predicted molar refractivity (Wildman–Crippen MR) is 135 cm³/mol. The highest BCUT2D eigenvalue weighted by molar-refractivity contribution is 7.52. The van der Waals surface area contributed by atoms with Crippen LogP contribution >= 0.6 is 7.75 Å². The van der Waals surface area contributed by atoms with Gasteiger partial charge in [-0.15, -0.1) is 0 Å². The summed E-state index contributed by atoms with van der Waals surface area (Å²) in [7, 11) is -4.62. The van der Waals surface area contributed by atoms with Crippen molar-refractivity contribution in [3.63, 3.8) is 0 Å². The maximum Gasteiger partial charge on any atom is 0.490 e. The summed E-state index contributed by atoms with van der Waals surface area (Å²) >= 11 is 0. The van der Waals surface area contributed by atoms with Crippen LogP contribution in [0.25, 0.3) is 0 Å². The lowest BCUT2D eigenvalue weighted by Crippen LogP contribution is -2.47. The topological polar surface area (TPSA) is 164 Å². The highest BCUT2D eigenvalue weighted by atomic mass is 31.2. The molecule has 0 amide bonds. The van der Waals surface area contributed by atoms with Gasteiger partial charge in [0.15, 0.2) is 18.0 Å². The molecule has 1 aliphatic rings. The number of H-pyrrole nitrogens is 1. The van der Waals surface area contributed by atoms with Crippen LogP contribution in [0.3, 0.4) is 0 Å². The number of ether oxygens (including phenoxy) is 3. The van der Waals surface area contributed by atoms with Gasteiger partial charge in [0.1, 0.15) is 17.9 Å². The first-order valence-corrected chi connectivity index (χ1v) is 13.9. The van der Waals surface area contributed by atoms with E-state index in [1.807, 2.05) is 4.98 Å². The lowest BCUT2D eigenvalue weighted by Gasteiger charge is -2.28. The van der Waals surface area contributed by atoms with Crippen molar-refractivity contribution in [2.75, 3.05) is 6.61 Å². The lowest BCUT2D eigenvalue weighted by atomic mass is 9.98. The molecule has 1 aromatic carbocycles. The van der Waals surface area contributed by atoms with Crippen molar-refractivity contribution in [3.8, 4) is 5.75 Å². The Hall–Kier alpha value is -3.53. The third-order valence-electron chi connectivity index (χ3n) is 5.68. The SMILES string of the molecule is CC(C)OC(=O)[C@H](C)N[P@](=O)(OC[C@H]1O[C@@H](n2ccc(=O)[nH]c2=O)[C@](C)(F)[C@@H]1OC(=O)C(F)(F)F)Oc1ccccc1. The fourth-order valence-electron chi connectivity index (χ4n) is 3.83. The minimum Gasteiger partial charge on any atom is -0.462 e. The maximum absolute atomic E-state index is 16.1. The molecule has 3 rings (SSSR count). The number of benzene rings is 1. The van der Waals surface area contributed by atoms with Crippen LogP contribution < -0.4 is 20.9 Å². The van der Waals surface area contributed by atoms with Crippen LogP contribution in [0.15, 0.2) is 52.2 Å². The summed E-state index contributed by atoms with van der Waals surface area (Å²) < 4.78 is 95.2. The molecule has 0 unspecified atom stereocenters. The molecule has 0 spiro atoms. The number of nitrogens with one attached hydrogen (secondary N) is 2. The van der Waals surface area contributed by atoms with Crippen LogP contribution in [0.5, 0.6) is 5.75 Å². The fraction of sp³-hybridized carbons (Fsp3) is 0.500. The highest BCUT2D eigenvalue weighted by Gasteiger charge is 2.60. The molecule has 42 heavy (non-hydrogen) atoms. The van der Waals surface area contributed by atoms with Crippen molar-refractivity contribution in [2.45, 2.75) is 70.1 Å². The molecule has 1 aromatic heterocycles. The van der Waals surface area contributed by atoms with Crippen LogP contribution in [0, 0.1) is 0 Å². The Bertz CT molecular complexity index is 1430. The predicted octanol–water partition coefficient (Wildman–Crippen LogP) is 2.77. The molecule has 2 N–H and O–H groups in total. The first-order chi connectivity index (χ1) is 19.4. The number of rotatable bonds is 11. The first-order valence-electron chi connectivity index (χ1n) is 12.3. The Labute approximate surface area is 235 Å². The summed E-state index contributed by atoms with van der Waals surface area (Å²) in [6.07, 6.45) is -11.6. The molecule has 232 valence electrons. The molecule has 2 aromatic rings. The Balaban J connectivity index is 1.94. The molecule has 0 bridgehead atoms. The number of carbonyl (C=O) groups excluding carboxylic acids is 2. The molecule has 0 aliphatic carbocycles. The van der Waals surface area contributed by atoms with E-state index in [1.54, 1.807) is 19.9 Å². The first kappa shape index (κ1) is 33.0. The number of carbonyl (C=O) groups is 2. The average molecular weight is 625 g/mol. The van der Waals surface area contributed by atoms with E-state index in [9.17, 15) is 36.9 Å². The maximum atomic E-state index is 16.1. The number of alkyl halides is 4. The van der Waals surface area contributed by atoms with Gasteiger partial charge in [-0.05, 0) is 39.8 Å². The summed E-state index contributed by atoms with van der Waals surface area (Å²) in [4.78, 5) is 49.6. The van der Waals surface area contributed by atoms with Gasteiger partial charge in [0.25, 0.3) is 5.56 Å². The Morgan fingerprint density at radius 3 is 2.38 bits per heavy atom. The van der Waals surface area contributed by atoms with Crippen LogP contribution in [-0.4, -0.2) is 64.3 Å². The molecule has 0 radical (unpaired) electrons. The van der Waals surface area contributed by atoms with E-state index < -0.39 is 80.0 Å². The quantitative estimate of drug-likeness (QED) is 0.214. The lowest BCUT2D eigenvalue weighted by molar-refractivity contribution is -0.211. The van der Waals surface area contributed by atoms with Crippen LogP contribution in [0.2, 0.25) is 0 Å². The molecular formula is C24H28F4N3O10P. The summed E-state index contributed by atoms with van der Waals surface area (Å²) in [5, 5.41) is 2.33. The zero-order chi connectivity index (χ0) is 31.5. The summed E-state index contributed by atoms with van der Waals surface area (Å²) in [6, 6.07) is 6.93. The van der Waals surface area contributed by atoms with Gasteiger partial charge in [-0.1, -0.05) is 18.2 Å². The van der Waals surface area contributed by atoms with E-state index in [1.165, 1.54) is 31.2 Å². The molecule has 13 nitrogen and oxygen atoms in total. The van der Waals surface area contributed by atoms with E-state index in [0.717, 1.165) is 12.3 Å². The van der Waals surface area contributed by atoms with E-state index in [4.69, 9.17) is 18.5 Å². The number of esters is 2. The zero-order valence-corrected chi connectivity index (χ0v) is 23.5. The van der Waals surface area contributed by atoms with Crippen LogP contribution in [0.4, 0.5) is 17.6 Å². The molecule has 1 fully saturated rings. The van der Waals surface area contributed by atoms with Gasteiger partial charge in [-0.25, -0.2) is 18.5 Å². The highest BCUT2D eigenvalue weighted by Crippen LogP contribution is 2.48. The van der Waals surface area contributed by atoms with Gasteiger partial charge in [-0.3, -0.25) is 23.7 Å². The monoisotopic (exact) mass is 625 g/mol. The average Bonchev–Trinajstić information content (AvgIpc) is 3.11. The summed E-state index contributed by atoms with van der Waals surface area (Å²) in [6.45, 7) is 4.07. The van der Waals surface area contributed by atoms with E-state index >= 15 is 4.39 Å². The number of hydrogen-bond acceptors (Lipinski definition) is 10. The van der Waals surface area contributed by atoms with Crippen molar-refractivity contribution >= 4 is 19.7 Å². The van der Waals surface area contributed by atoms with Gasteiger partial charge in [0.05, 0.1) is 12.7 Å². The Morgan fingerprint density at radius 2 is 1.81 bits per heavy atom. The van der Waals surface area contributed by atoms with E-state index in [2.05, 4.69) is 9.82 Å². The zero-order valence-electron chi connectivity index (χ0n) is 22.6. The Morgan fingerprint density at radius 1 is 1.17 bits per heavy atom.